The zero-order valence-electron chi connectivity index (χ0n) is 24.2. The quantitative estimate of drug-likeness (QED) is 0.301. The summed E-state index contributed by atoms with van der Waals surface area (Å²) in [5.74, 6) is 1.84. The zero-order valence-corrected chi connectivity index (χ0v) is 25.8. The van der Waals surface area contributed by atoms with Crippen molar-refractivity contribution < 1.29 is 22.7 Å². The van der Waals surface area contributed by atoms with Crippen LogP contribution in [-0.4, -0.2) is 74.5 Å². The third-order valence-corrected chi connectivity index (χ3v) is 9.52. The smallest absolute Gasteiger partial charge is 0.350 e. The number of fused-ring (bicyclic) bond motifs is 1. The van der Waals surface area contributed by atoms with E-state index in [-0.39, 0.29) is 5.75 Å². The van der Waals surface area contributed by atoms with Crippen molar-refractivity contribution >= 4 is 55.7 Å². The number of hydrogen-bond donors (Lipinski definition) is 2. The summed E-state index contributed by atoms with van der Waals surface area (Å²) in [5, 5.41) is 3.76. The van der Waals surface area contributed by atoms with Crippen molar-refractivity contribution in [3.8, 4) is 0 Å². The second-order valence-electron chi connectivity index (χ2n) is 10.2. The predicted octanol–water partition coefficient (Wildman–Crippen LogP) is 4.10. The molecule has 42 heavy (non-hydrogen) atoms. The molecule has 0 aliphatic carbocycles. The lowest BCUT2D eigenvalue weighted by atomic mass is 10.0. The number of aromatic nitrogens is 3. The number of carbonyl (C=O) groups is 1. The summed E-state index contributed by atoms with van der Waals surface area (Å²) in [6, 6.07) is 7.48. The van der Waals surface area contributed by atoms with Gasteiger partial charge in [0.15, 0.2) is 5.13 Å². The van der Waals surface area contributed by atoms with Crippen LogP contribution in [0.3, 0.4) is 0 Å². The molecule has 0 spiro atoms. The lowest BCUT2D eigenvalue weighted by molar-refractivity contribution is 0.0531. The van der Waals surface area contributed by atoms with Crippen LogP contribution < -0.4 is 19.8 Å². The van der Waals surface area contributed by atoms with Crippen molar-refractivity contribution in [1.29, 1.82) is 0 Å². The number of ether oxygens (including phenoxy) is 2. The number of thiazole rings is 1. The first-order valence-corrected chi connectivity index (χ1v) is 16.7. The van der Waals surface area contributed by atoms with E-state index in [1.165, 1.54) is 11.3 Å². The minimum Gasteiger partial charge on any atom is -0.462 e. The third kappa shape index (κ3) is 7.10. The van der Waals surface area contributed by atoms with Gasteiger partial charge in [-0.05, 0) is 50.8 Å². The molecule has 2 aliphatic heterocycles. The molecule has 0 bridgehead atoms. The van der Waals surface area contributed by atoms with Gasteiger partial charge in [-0.3, -0.25) is 10.0 Å². The molecule has 2 aliphatic rings. The fourth-order valence-corrected chi connectivity index (χ4v) is 7.06. The fourth-order valence-electron chi connectivity index (χ4n) is 5.07. The molecule has 0 atom stereocenters. The van der Waals surface area contributed by atoms with Crippen LogP contribution in [0.1, 0.15) is 53.2 Å². The van der Waals surface area contributed by atoms with Gasteiger partial charge in [0.25, 0.3) is 0 Å². The average molecular weight is 616 g/mol. The number of nitrogens with one attached hydrogen (secondary N) is 2. The Morgan fingerprint density at radius 2 is 1.81 bits per heavy atom. The highest BCUT2D eigenvalue weighted by Crippen LogP contribution is 2.36. The van der Waals surface area contributed by atoms with Gasteiger partial charge in [-0.25, -0.2) is 18.2 Å². The maximum Gasteiger partial charge on any atom is 0.350 e. The number of anilines is 5. The summed E-state index contributed by atoms with van der Waals surface area (Å²) in [4.78, 5) is 31.7. The number of morpholine rings is 1. The summed E-state index contributed by atoms with van der Waals surface area (Å²) in [5.41, 5.74) is 3.28. The molecule has 2 N–H and O–H groups in total. The van der Waals surface area contributed by atoms with Crippen molar-refractivity contribution in [3.05, 3.63) is 46.0 Å². The van der Waals surface area contributed by atoms with Gasteiger partial charge in [0.1, 0.15) is 16.5 Å². The van der Waals surface area contributed by atoms with E-state index < -0.39 is 16.0 Å². The Morgan fingerprint density at radius 3 is 2.52 bits per heavy atom. The Morgan fingerprint density at radius 1 is 1.07 bits per heavy atom. The van der Waals surface area contributed by atoms with Crippen LogP contribution in [0.25, 0.3) is 0 Å². The van der Waals surface area contributed by atoms with Gasteiger partial charge in [-0.15, -0.1) is 0 Å². The normalized spacial score (nSPS) is 15.3. The molecule has 226 valence electrons. The van der Waals surface area contributed by atoms with E-state index >= 15 is 0 Å². The first kappa shape index (κ1) is 30.0. The lowest BCUT2D eigenvalue weighted by Crippen LogP contribution is -2.39. The van der Waals surface area contributed by atoms with Crippen LogP contribution in [0.5, 0.6) is 0 Å². The Bertz CT molecular complexity index is 1510. The van der Waals surface area contributed by atoms with Gasteiger partial charge in [0.2, 0.25) is 16.0 Å². The molecule has 3 aromatic rings. The van der Waals surface area contributed by atoms with E-state index in [2.05, 4.69) is 24.8 Å². The molecule has 1 saturated heterocycles. The van der Waals surface area contributed by atoms with E-state index in [4.69, 9.17) is 19.4 Å². The predicted molar refractivity (Wildman–Crippen MR) is 165 cm³/mol. The van der Waals surface area contributed by atoms with Gasteiger partial charge >= 0.3 is 5.97 Å². The van der Waals surface area contributed by atoms with Crippen LogP contribution in [-0.2, 0) is 32.5 Å². The van der Waals surface area contributed by atoms with E-state index in [1.54, 1.807) is 26.0 Å². The molecule has 4 heterocycles. The number of hydrogen-bond acceptors (Lipinski definition) is 12. The largest absolute Gasteiger partial charge is 0.462 e. The fraction of sp³-hybridized carbons (Fsp3) is 0.500. The summed E-state index contributed by atoms with van der Waals surface area (Å²) >= 11 is 1.22. The molecule has 0 unspecified atom stereocenters. The lowest BCUT2D eigenvalue weighted by Gasteiger charge is -2.35. The number of benzene rings is 1. The Labute approximate surface area is 250 Å². The van der Waals surface area contributed by atoms with Crippen LogP contribution in [0.15, 0.2) is 24.3 Å². The molecule has 1 aromatic carbocycles. The first-order valence-electron chi connectivity index (χ1n) is 14.3. The zero-order chi connectivity index (χ0) is 29.7. The summed E-state index contributed by atoms with van der Waals surface area (Å²) in [6.07, 6.45) is 2.38. The van der Waals surface area contributed by atoms with Crippen molar-refractivity contribution in [3.63, 3.8) is 0 Å². The van der Waals surface area contributed by atoms with Gasteiger partial charge < -0.3 is 19.3 Å². The van der Waals surface area contributed by atoms with Gasteiger partial charge in [-0.2, -0.15) is 9.97 Å². The van der Waals surface area contributed by atoms with Gasteiger partial charge in [0, 0.05) is 37.4 Å². The molecule has 2 aromatic heterocycles. The van der Waals surface area contributed by atoms with Crippen molar-refractivity contribution in [2.75, 3.05) is 65.0 Å². The van der Waals surface area contributed by atoms with Gasteiger partial charge in [-0.1, -0.05) is 30.4 Å². The minimum absolute atomic E-state index is 0.0889. The topological polar surface area (TPSA) is 139 Å². The SMILES string of the molecule is CCCS(=O)(=O)Nc1ccc(CN2CCCc3c(N4CCOCC4)nc(Nc4nc(C)c(C(=O)OCC)s4)nc32)cc1. The summed E-state index contributed by atoms with van der Waals surface area (Å²) in [7, 11) is -3.35. The van der Waals surface area contributed by atoms with Gasteiger partial charge in [0.05, 0.1) is 31.3 Å². The number of esters is 1. The average Bonchev–Trinajstić information content (AvgIpc) is 3.34. The van der Waals surface area contributed by atoms with Crippen molar-refractivity contribution in [2.24, 2.45) is 0 Å². The second kappa shape index (κ2) is 13.2. The first-order chi connectivity index (χ1) is 20.3. The molecule has 0 amide bonds. The van der Waals surface area contributed by atoms with Crippen molar-refractivity contribution in [1.82, 2.24) is 15.0 Å². The van der Waals surface area contributed by atoms with Crippen LogP contribution >= 0.6 is 11.3 Å². The highest BCUT2D eigenvalue weighted by atomic mass is 32.2. The molecular weight excluding hydrogens is 578 g/mol. The second-order valence-corrected chi connectivity index (χ2v) is 13.0. The standard InChI is InChI=1S/C28H37N7O5S2/c1-4-17-42(37,38)33-21-10-8-20(9-11-21)18-35-12-6-7-22-24(34-13-15-39-16-14-34)30-27(31-25(22)35)32-28-29-19(3)23(41-28)26(36)40-5-2/h8-11,33H,4-7,12-18H2,1-3H3,(H,29,30,31,32). The highest BCUT2D eigenvalue weighted by Gasteiger charge is 2.28. The van der Waals surface area contributed by atoms with E-state index in [9.17, 15) is 13.2 Å². The summed E-state index contributed by atoms with van der Waals surface area (Å²) < 4.78 is 37.7. The monoisotopic (exact) mass is 615 g/mol. The molecule has 14 heteroatoms. The number of nitrogens with zero attached hydrogens (tertiary/aromatic N) is 5. The maximum absolute atomic E-state index is 12.3. The molecule has 5 rings (SSSR count). The Hall–Kier alpha value is -3.49. The highest BCUT2D eigenvalue weighted by molar-refractivity contribution is 7.92. The third-order valence-electron chi connectivity index (χ3n) is 6.98. The number of carbonyl (C=O) groups excluding carboxylic acids is 1. The van der Waals surface area contributed by atoms with E-state index in [0.29, 0.717) is 60.1 Å². The summed E-state index contributed by atoms with van der Waals surface area (Å²) in [6.45, 7) is 9.86. The molecular formula is C28H37N7O5S2. The molecule has 1 fully saturated rings. The van der Waals surface area contributed by atoms with Crippen molar-refractivity contribution in [2.45, 2.75) is 46.6 Å². The number of rotatable bonds is 11. The van der Waals surface area contributed by atoms with Crippen LogP contribution in [0, 0.1) is 6.92 Å². The minimum atomic E-state index is -3.35. The maximum atomic E-state index is 12.3. The molecule has 12 nitrogen and oxygen atoms in total. The van der Waals surface area contributed by atoms with E-state index in [1.807, 2.05) is 19.1 Å². The molecule has 0 radical (unpaired) electrons. The Kier molecular flexibility index (Phi) is 9.43. The van der Waals surface area contributed by atoms with Crippen LogP contribution in [0.4, 0.5) is 28.4 Å². The van der Waals surface area contributed by atoms with Crippen LogP contribution in [0.2, 0.25) is 0 Å². The van der Waals surface area contributed by atoms with E-state index in [0.717, 1.165) is 55.2 Å². The number of aryl methyl sites for hydroxylation is 1. The molecule has 0 saturated carbocycles. The Balaban J connectivity index is 1.43. The number of sulfonamides is 1.